The molecule has 0 aromatic heterocycles. The van der Waals surface area contributed by atoms with Gasteiger partial charge in [-0.2, -0.15) is 9.91 Å². The Balaban J connectivity index is 1.78. The maximum absolute atomic E-state index is 13.4. The van der Waals surface area contributed by atoms with Crippen molar-refractivity contribution in [2.24, 2.45) is 11.8 Å². The third kappa shape index (κ3) is 2.32. The highest BCUT2D eigenvalue weighted by atomic mass is 16.6. The molecule has 3 fully saturated rings. The van der Waals surface area contributed by atoms with E-state index < -0.39 is 23.0 Å². The van der Waals surface area contributed by atoms with Crippen LogP contribution in [0.15, 0.2) is 18.2 Å². The SMILES string of the molecule is Cc1cc(N2C(=O)[C@@H]3[C@H](C2=O)[C@@]2(C)C[N+](O)(C(C)C)C[C@]3(C)O2)ccc1C#N. The lowest BCUT2D eigenvalue weighted by Gasteiger charge is -2.48. The molecular formula is C21H26N3O4+. The first-order valence-corrected chi connectivity index (χ1v) is 9.64. The fourth-order valence-corrected chi connectivity index (χ4v) is 5.50. The van der Waals surface area contributed by atoms with Crippen molar-refractivity contribution in [1.82, 2.24) is 0 Å². The van der Waals surface area contributed by atoms with Gasteiger partial charge in [0.2, 0.25) is 11.8 Å². The monoisotopic (exact) mass is 384 g/mol. The fraction of sp³-hybridized carbons (Fsp3) is 0.571. The predicted octanol–water partition coefficient (Wildman–Crippen LogP) is 2.15. The first-order valence-electron chi connectivity index (χ1n) is 9.64. The van der Waals surface area contributed by atoms with Crippen molar-refractivity contribution in [2.75, 3.05) is 18.0 Å². The van der Waals surface area contributed by atoms with Crippen molar-refractivity contribution in [1.29, 1.82) is 5.26 Å². The van der Waals surface area contributed by atoms with Crippen molar-refractivity contribution in [3.8, 4) is 6.07 Å². The Bertz CT molecular complexity index is 900. The average Bonchev–Trinajstić information content (AvgIpc) is 2.95. The highest BCUT2D eigenvalue weighted by Gasteiger charge is 2.75. The molecule has 2 bridgehead atoms. The number of rotatable bonds is 2. The number of carbonyl (C=O) groups is 2. The second kappa shape index (κ2) is 5.63. The number of quaternary nitrogens is 1. The van der Waals surface area contributed by atoms with Crippen molar-refractivity contribution >= 4 is 17.5 Å². The standard InChI is InChI=1S/C21H26N3O4/c1-12(2)24(27)10-20(4)16-17(21(5,11-24)28-20)19(26)23(18(16)25)15-7-6-14(9-22)13(3)8-15/h6-8,12,16-17,27H,10-11H2,1-5H3/q+1/t16-,17+,20-,21+,24?. The zero-order valence-electron chi connectivity index (χ0n) is 16.9. The fourth-order valence-electron chi connectivity index (χ4n) is 5.50. The zero-order valence-corrected chi connectivity index (χ0v) is 16.9. The van der Waals surface area contributed by atoms with Gasteiger partial charge in [-0.25, -0.2) is 10.1 Å². The van der Waals surface area contributed by atoms with Gasteiger partial charge in [-0.3, -0.25) is 9.59 Å². The summed E-state index contributed by atoms with van der Waals surface area (Å²) in [7, 11) is 0. The average molecular weight is 384 g/mol. The number of ether oxygens (including phenoxy) is 1. The third-order valence-electron chi connectivity index (χ3n) is 6.81. The molecule has 7 nitrogen and oxygen atoms in total. The lowest BCUT2D eigenvalue weighted by Crippen LogP contribution is -2.68. The number of amides is 2. The summed E-state index contributed by atoms with van der Waals surface area (Å²) in [5, 5.41) is 20.3. The molecule has 0 spiro atoms. The van der Waals surface area contributed by atoms with Gasteiger partial charge in [0.25, 0.3) is 0 Å². The Morgan fingerprint density at radius 1 is 1.21 bits per heavy atom. The molecule has 1 aromatic rings. The Hall–Kier alpha value is -2.27. The first kappa shape index (κ1) is 19.1. The minimum Gasteiger partial charge on any atom is -0.355 e. The molecule has 1 N–H and O–H groups in total. The predicted molar refractivity (Wildman–Crippen MR) is 100 cm³/mol. The van der Waals surface area contributed by atoms with Crippen LogP contribution in [0.3, 0.4) is 0 Å². The maximum Gasteiger partial charge on any atom is 0.240 e. The lowest BCUT2D eigenvalue weighted by molar-refractivity contribution is -1.13. The number of carbonyl (C=O) groups excluding carboxylic acids is 2. The maximum atomic E-state index is 13.4. The number of likely N-dealkylation sites (tertiary alicyclic amines) is 1. The number of hydrogen-bond acceptors (Lipinski definition) is 5. The summed E-state index contributed by atoms with van der Waals surface area (Å²) >= 11 is 0. The van der Waals surface area contributed by atoms with Crippen molar-refractivity contribution in [3.63, 3.8) is 0 Å². The summed E-state index contributed by atoms with van der Waals surface area (Å²) in [6.07, 6.45) is 0. The largest absolute Gasteiger partial charge is 0.355 e. The van der Waals surface area contributed by atoms with Crippen LogP contribution in [-0.2, 0) is 14.3 Å². The van der Waals surface area contributed by atoms with Crippen molar-refractivity contribution in [3.05, 3.63) is 29.3 Å². The number of hydroxylamine groups is 3. The Morgan fingerprint density at radius 3 is 2.18 bits per heavy atom. The summed E-state index contributed by atoms with van der Waals surface area (Å²) in [6.45, 7) is 9.85. The number of hydrogen-bond donors (Lipinski definition) is 1. The lowest BCUT2D eigenvalue weighted by atomic mass is 9.79. The van der Waals surface area contributed by atoms with E-state index in [4.69, 9.17) is 10.00 Å². The van der Waals surface area contributed by atoms with Gasteiger partial charge >= 0.3 is 0 Å². The van der Waals surface area contributed by atoms with Crippen LogP contribution < -0.4 is 4.90 Å². The molecule has 148 valence electrons. The summed E-state index contributed by atoms with van der Waals surface area (Å²) in [6, 6.07) is 7.02. The van der Waals surface area contributed by atoms with Gasteiger partial charge in [0.1, 0.15) is 30.3 Å². The van der Waals surface area contributed by atoms with Crippen molar-refractivity contribution in [2.45, 2.75) is 51.9 Å². The second-order valence-electron chi connectivity index (χ2n) is 9.20. The van der Waals surface area contributed by atoms with Gasteiger partial charge in [0.05, 0.1) is 29.2 Å². The minimum atomic E-state index is -0.917. The molecule has 3 aliphatic rings. The van der Waals surface area contributed by atoms with E-state index in [9.17, 15) is 14.8 Å². The number of fused-ring (bicyclic) bond motifs is 5. The Kier molecular flexibility index (Phi) is 3.83. The molecule has 7 heteroatoms. The minimum absolute atomic E-state index is 0.0659. The number of anilines is 1. The number of nitrogens with zero attached hydrogens (tertiary/aromatic N) is 3. The summed E-state index contributed by atoms with van der Waals surface area (Å²) < 4.78 is 6.07. The molecule has 2 amide bonds. The number of morpholine rings is 1. The van der Waals surface area contributed by atoms with Gasteiger partial charge in [-0.05, 0) is 58.4 Å². The van der Waals surface area contributed by atoms with Gasteiger partial charge in [-0.1, -0.05) is 0 Å². The highest BCUT2D eigenvalue weighted by molar-refractivity contribution is 6.23. The molecule has 3 heterocycles. The van der Waals surface area contributed by atoms with Crippen LogP contribution in [0.25, 0.3) is 0 Å². The van der Waals surface area contributed by atoms with E-state index in [0.29, 0.717) is 11.3 Å². The molecule has 0 radical (unpaired) electrons. The van der Waals surface area contributed by atoms with E-state index in [2.05, 4.69) is 6.07 Å². The van der Waals surface area contributed by atoms with E-state index in [1.54, 1.807) is 25.1 Å². The zero-order chi connectivity index (χ0) is 20.6. The van der Waals surface area contributed by atoms with Gasteiger partial charge in [-0.15, -0.1) is 0 Å². The highest BCUT2D eigenvalue weighted by Crippen LogP contribution is 2.57. The first-order chi connectivity index (χ1) is 13.0. The van der Waals surface area contributed by atoms with Crippen LogP contribution in [0.4, 0.5) is 5.69 Å². The normalized spacial score (nSPS) is 39.4. The number of imide groups is 1. The van der Waals surface area contributed by atoms with Crippen LogP contribution >= 0.6 is 0 Å². The molecule has 5 atom stereocenters. The van der Waals surface area contributed by atoms with Crippen LogP contribution in [0.2, 0.25) is 0 Å². The molecule has 28 heavy (non-hydrogen) atoms. The molecule has 0 aliphatic carbocycles. The van der Waals surface area contributed by atoms with E-state index in [1.807, 2.05) is 27.7 Å². The molecular weight excluding hydrogens is 358 g/mol. The number of nitriles is 1. The van der Waals surface area contributed by atoms with Crippen LogP contribution in [0.1, 0.15) is 38.8 Å². The summed E-state index contributed by atoms with van der Waals surface area (Å²) in [5.74, 6) is -1.84. The van der Waals surface area contributed by atoms with Crippen molar-refractivity contribution < 1.29 is 24.2 Å². The van der Waals surface area contributed by atoms with Crippen LogP contribution in [-0.4, -0.2) is 52.0 Å². The third-order valence-corrected chi connectivity index (χ3v) is 6.81. The second-order valence-corrected chi connectivity index (χ2v) is 9.20. The summed E-state index contributed by atoms with van der Waals surface area (Å²) in [5.41, 5.74) is -0.113. The Morgan fingerprint density at radius 2 is 1.75 bits per heavy atom. The van der Waals surface area contributed by atoms with E-state index >= 15 is 0 Å². The molecule has 3 saturated heterocycles. The van der Waals surface area contributed by atoms with E-state index in [-0.39, 0.29) is 35.6 Å². The molecule has 3 aliphatic heterocycles. The number of aryl methyl sites for hydroxylation is 1. The molecule has 1 aromatic carbocycles. The molecule has 1 unspecified atom stereocenters. The quantitative estimate of drug-likeness (QED) is 0.623. The number of benzene rings is 1. The van der Waals surface area contributed by atoms with E-state index in [1.165, 1.54) is 4.90 Å². The topological polar surface area (TPSA) is 90.6 Å². The summed E-state index contributed by atoms with van der Waals surface area (Å²) in [4.78, 5) is 28.1. The van der Waals surface area contributed by atoms with Crippen LogP contribution in [0.5, 0.6) is 0 Å². The smallest absolute Gasteiger partial charge is 0.240 e. The van der Waals surface area contributed by atoms with Gasteiger partial charge in [0, 0.05) is 0 Å². The van der Waals surface area contributed by atoms with Crippen LogP contribution in [0, 0.1) is 30.1 Å². The van der Waals surface area contributed by atoms with Gasteiger partial charge < -0.3 is 4.74 Å². The molecule has 4 rings (SSSR count). The molecule has 0 saturated carbocycles. The van der Waals surface area contributed by atoms with Gasteiger partial charge in [0.15, 0.2) is 0 Å². The van der Waals surface area contributed by atoms with E-state index in [0.717, 1.165) is 5.56 Å². The Labute approximate surface area is 164 Å².